The van der Waals surface area contributed by atoms with Crippen molar-refractivity contribution in [1.82, 2.24) is 25.4 Å². The van der Waals surface area contributed by atoms with Crippen molar-refractivity contribution < 1.29 is 19.1 Å². The van der Waals surface area contributed by atoms with Crippen LogP contribution in [0.3, 0.4) is 0 Å². The van der Waals surface area contributed by atoms with Crippen LogP contribution in [0.5, 0.6) is 0 Å². The lowest BCUT2D eigenvalue weighted by atomic mass is 10.0. The highest BCUT2D eigenvalue weighted by molar-refractivity contribution is 8.06. The topological polar surface area (TPSA) is 143 Å². The second kappa shape index (κ2) is 12.1. The van der Waals surface area contributed by atoms with E-state index < -0.39 is 23.5 Å². The molecule has 2 aliphatic heterocycles. The molecule has 4 N–H and O–H groups in total. The predicted molar refractivity (Wildman–Crippen MR) is 160 cm³/mol. The van der Waals surface area contributed by atoms with Crippen molar-refractivity contribution in [3.05, 3.63) is 118 Å². The summed E-state index contributed by atoms with van der Waals surface area (Å²) < 4.78 is 6.16. The van der Waals surface area contributed by atoms with Gasteiger partial charge in [-0.15, -0.1) is 22.0 Å². The number of carbonyl (C=O) groups is 3. The SMILES string of the molecule is Nc1nnc(SC2=C(C(=O)OC(c3ccccc3)c3ccccc3)N3C(=O)[C@@H](NC(=O)Cc4ccccc4)[C@@H]3SC2)[nH]1. The van der Waals surface area contributed by atoms with Crippen molar-refractivity contribution in [2.45, 2.75) is 29.1 Å². The minimum Gasteiger partial charge on any atom is -0.448 e. The largest absolute Gasteiger partial charge is 0.448 e. The van der Waals surface area contributed by atoms with E-state index in [0.29, 0.717) is 15.8 Å². The number of anilines is 1. The number of hydrogen-bond donors (Lipinski definition) is 3. The van der Waals surface area contributed by atoms with Crippen LogP contribution in [-0.4, -0.2) is 55.0 Å². The minimum absolute atomic E-state index is 0.120. The highest BCUT2D eigenvalue weighted by Gasteiger charge is 2.55. The number of thioether (sulfide) groups is 2. The Bertz CT molecular complexity index is 1590. The van der Waals surface area contributed by atoms with E-state index in [1.807, 2.05) is 91.0 Å². The highest BCUT2D eigenvalue weighted by Crippen LogP contribution is 2.45. The summed E-state index contributed by atoms with van der Waals surface area (Å²) in [7, 11) is 0. The molecule has 0 radical (unpaired) electrons. The average molecular weight is 599 g/mol. The smallest absolute Gasteiger partial charge is 0.356 e. The quantitative estimate of drug-likeness (QED) is 0.194. The molecule has 4 aromatic rings. The first kappa shape index (κ1) is 27.6. The molecule has 0 bridgehead atoms. The summed E-state index contributed by atoms with van der Waals surface area (Å²) in [5.74, 6) is -0.783. The van der Waals surface area contributed by atoms with Crippen LogP contribution in [0.1, 0.15) is 22.8 Å². The van der Waals surface area contributed by atoms with Crippen LogP contribution < -0.4 is 11.1 Å². The lowest BCUT2D eigenvalue weighted by Crippen LogP contribution is -2.70. The number of nitrogens with zero attached hydrogens (tertiary/aromatic N) is 3. The second-order valence-electron chi connectivity index (χ2n) is 9.61. The fourth-order valence-corrected chi connectivity index (χ4v) is 7.22. The molecule has 212 valence electrons. The molecule has 1 saturated heterocycles. The van der Waals surface area contributed by atoms with Gasteiger partial charge in [0, 0.05) is 10.7 Å². The van der Waals surface area contributed by atoms with Crippen molar-refractivity contribution in [3.63, 3.8) is 0 Å². The van der Waals surface area contributed by atoms with Crippen LogP contribution in [0, 0.1) is 0 Å². The van der Waals surface area contributed by atoms with Gasteiger partial charge in [0.2, 0.25) is 11.9 Å². The zero-order valence-corrected chi connectivity index (χ0v) is 23.8. The molecule has 2 aliphatic rings. The van der Waals surface area contributed by atoms with Gasteiger partial charge in [-0.2, -0.15) is 0 Å². The van der Waals surface area contributed by atoms with Crippen LogP contribution >= 0.6 is 23.5 Å². The third-order valence-electron chi connectivity index (χ3n) is 6.78. The van der Waals surface area contributed by atoms with Crippen molar-refractivity contribution in [1.29, 1.82) is 0 Å². The Balaban J connectivity index is 1.28. The zero-order valence-electron chi connectivity index (χ0n) is 22.2. The number of amides is 2. The predicted octanol–water partition coefficient (Wildman–Crippen LogP) is 3.67. The lowest BCUT2D eigenvalue weighted by Gasteiger charge is -2.49. The Kier molecular flexibility index (Phi) is 7.97. The van der Waals surface area contributed by atoms with E-state index in [9.17, 15) is 14.4 Å². The Morgan fingerprint density at radius 1 is 1.00 bits per heavy atom. The number of H-pyrrole nitrogens is 1. The first-order valence-corrected chi connectivity index (χ1v) is 15.0. The first-order valence-electron chi connectivity index (χ1n) is 13.2. The number of carbonyl (C=O) groups excluding carboxylic acids is 3. The molecule has 42 heavy (non-hydrogen) atoms. The van der Waals surface area contributed by atoms with Gasteiger partial charge in [-0.05, 0) is 16.7 Å². The van der Waals surface area contributed by atoms with Gasteiger partial charge >= 0.3 is 5.97 Å². The average Bonchev–Trinajstić information content (AvgIpc) is 3.43. The Morgan fingerprint density at radius 2 is 1.62 bits per heavy atom. The Hall–Kier alpha value is -4.55. The highest BCUT2D eigenvalue weighted by atomic mass is 32.2. The van der Waals surface area contributed by atoms with E-state index in [1.54, 1.807) is 0 Å². The summed E-state index contributed by atoms with van der Waals surface area (Å²) >= 11 is 2.62. The number of β-lactam (4-membered cyclic amide) rings is 1. The fourth-order valence-electron chi connectivity index (χ4n) is 4.83. The van der Waals surface area contributed by atoms with Crippen molar-refractivity contribution in [2.75, 3.05) is 11.5 Å². The molecular formula is C30H26N6O4S2. The lowest BCUT2D eigenvalue weighted by molar-refractivity contribution is -0.154. The van der Waals surface area contributed by atoms with Gasteiger partial charge in [0.15, 0.2) is 11.3 Å². The van der Waals surface area contributed by atoms with Gasteiger partial charge in [-0.1, -0.05) is 103 Å². The maximum Gasteiger partial charge on any atom is 0.356 e. The number of ether oxygens (including phenoxy) is 1. The standard InChI is InChI=1S/C30H26N6O4S2/c31-29-33-30(35-34-29)42-21-17-41-27-23(32-22(37)16-18-10-4-1-5-11-18)26(38)36(27)24(21)28(39)40-25(19-12-6-2-7-13-19)20-14-8-3-9-15-20/h1-15,23,25,27H,16-17H2,(H,32,37)(H3,31,33,34,35)/t23-,27+/m1/s1. The van der Waals surface area contributed by atoms with Crippen molar-refractivity contribution >= 4 is 47.3 Å². The molecule has 3 heterocycles. The van der Waals surface area contributed by atoms with Crippen LogP contribution in [0.2, 0.25) is 0 Å². The number of benzene rings is 3. The molecule has 0 saturated carbocycles. The summed E-state index contributed by atoms with van der Waals surface area (Å²) in [6.07, 6.45) is -0.554. The van der Waals surface area contributed by atoms with Gasteiger partial charge in [-0.3, -0.25) is 14.5 Å². The molecule has 12 heteroatoms. The molecule has 2 atom stereocenters. The molecule has 2 amide bonds. The summed E-state index contributed by atoms with van der Waals surface area (Å²) in [4.78, 5) is 45.2. The zero-order chi connectivity index (χ0) is 29.1. The van der Waals surface area contributed by atoms with Crippen LogP contribution in [0.15, 0.2) is 107 Å². The molecule has 0 aliphatic carbocycles. The van der Waals surface area contributed by atoms with E-state index in [1.165, 1.54) is 28.4 Å². The maximum atomic E-state index is 14.0. The van der Waals surface area contributed by atoms with Gasteiger partial charge in [-0.25, -0.2) is 4.79 Å². The third-order valence-corrected chi connectivity index (χ3v) is 9.21. The van der Waals surface area contributed by atoms with E-state index >= 15 is 0 Å². The van der Waals surface area contributed by atoms with Crippen LogP contribution in [0.25, 0.3) is 0 Å². The Morgan fingerprint density at radius 3 is 2.21 bits per heavy atom. The summed E-state index contributed by atoms with van der Waals surface area (Å²) in [5, 5.41) is 10.6. The molecule has 3 aromatic carbocycles. The molecule has 6 rings (SSSR count). The molecule has 0 spiro atoms. The normalized spacial score (nSPS) is 17.9. The van der Waals surface area contributed by atoms with Crippen molar-refractivity contribution in [2.24, 2.45) is 0 Å². The van der Waals surface area contributed by atoms with Gasteiger partial charge < -0.3 is 20.8 Å². The first-order chi connectivity index (χ1) is 20.5. The van der Waals surface area contributed by atoms with Crippen LogP contribution in [0.4, 0.5) is 5.95 Å². The van der Waals surface area contributed by atoms with Crippen LogP contribution in [-0.2, 0) is 25.5 Å². The number of hydrogen-bond acceptors (Lipinski definition) is 9. The molecule has 10 nitrogen and oxygen atoms in total. The molecule has 1 aromatic heterocycles. The van der Waals surface area contributed by atoms with E-state index in [0.717, 1.165) is 16.7 Å². The van der Waals surface area contributed by atoms with E-state index in [2.05, 4.69) is 20.5 Å². The van der Waals surface area contributed by atoms with Gasteiger partial charge in [0.25, 0.3) is 5.91 Å². The number of aromatic amines is 1. The number of nitrogens with one attached hydrogen (secondary N) is 2. The molecule has 1 fully saturated rings. The van der Waals surface area contributed by atoms with Gasteiger partial charge in [0.05, 0.1) is 6.42 Å². The summed E-state index contributed by atoms with van der Waals surface area (Å²) in [6, 6.07) is 27.4. The molecular weight excluding hydrogens is 573 g/mol. The summed E-state index contributed by atoms with van der Waals surface area (Å²) in [6.45, 7) is 0. The van der Waals surface area contributed by atoms with Gasteiger partial charge in [0.1, 0.15) is 17.1 Å². The minimum atomic E-state index is -0.763. The number of fused-ring (bicyclic) bond motifs is 1. The van der Waals surface area contributed by atoms with E-state index in [-0.39, 0.29) is 29.9 Å². The monoisotopic (exact) mass is 598 g/mol. The number of nitrogen functional groups attached to an aromatic ring is 1. The maximum absolute atomic E-state index is 14.0. The number of esters is 1. The fraction of sp³-hybridized carbons (Fsp3) is 0.167. The van der Waals surface area contributed by atoms with E-state index in [4.69, 9.17) is 10.5 Å². The third kappa shape index (κ3) is 5.76. The number of aromatic nitrogens is 3. The number of nitrogens with two attached hydrogens (primary N) is 1. The Labute approximate surface area is 250 Å². The second-order valence-corrected chi connectivity index (χ2v) is 11.8. The number of rotatable bonds is 9. The summed E-state index contributed by atoms with van der Waals surface area (Å²) in [5.41, 5.74) is 8.26. The van der Waals surface area contributed by atoms with Crippen molar-refractivity contribution in [3.8, 4) is 0 Å². The molecule has 0 unspecified atom stereocenters.